The minimum Gasteiger partial charge on any atom is -0.383 e. The Hall–Kier alpha value is -1.95. The van der Waals surface area contributed by atoms with Crippen LogP contribution in [0.1, 0.15) is 6.92 Å². The summed E-state index contributed by atoms with van der Waals surface area (Å²) in [5.41, 5.74) is 0.905. The van der Waals surface area contributed by atoms with Crippen molar-refractivity contribution < 1.29 is 4.74 Å². The van der Waals surface area contributed by atoms with Crippen LogP contribution in [0.5, 0.6) is 0 Å². The number of pyridine rings is 1. The molecule has 6 heteroatoms. The van der Waals surface area contributed by atoms with E-state index in [1.807, 2.05) is 19.1 Å². The molecule has 90 valence electrons. The lowest BCUT2D eigenvalue weighted by Crippen LogP contribution is -2.22. The molecule has 0 saturated carbocycles. The largest absolute Gasteiger partial charge is 0.383 e. The van der Waals surface area contributed by atoms with Crippen LogP contribution >= 0.6 is 0 Å². The van der Waals surface area contributed by atoms with Gasteiger partial charge in [-0.15, -0.1) is 0 Å². The highest BCUT2D eigenvalue weighted by Crippen LogP contribution is 2.16. The van der Waals surface area contributed by atoms with Crippen molar-refractivity contribution in [2.24, 2.45) is 0 Å². The van der Waals surface area contributed by atoms with E-state index in [1.165, 1.54) is 6.33 Å². The number of methoxy groups -OCH3 is 1. The van der Waals surface area contributed by atoms with E-state index >= 15 is 0 Å². The molecule has 17 heavy (non-hydrogen) atoms. The number of hydrogen-bond donors (Lipinski definition) is 1. The lowest BCUT2D eigenvalue weighted by Gasteiger charge is -2.16. The van der Waals surface area contributed by atoms with Crippen LogP contribution in [0.2, 0.25) is 0 Å². The van der Waals surface area contributed by atoms with Crippen molar-refractivity contribution in [2.45, 2.75) is 13.0 Å². The lowest BCUT2D eigenvalue weighted by molar-refractivity contribution is 0.190. The maximum absolute atomic E-state index is 5.09. The Bertz CT molecular complexity index is 457. The molecule has 6 nitrogen and oxygen atoms in total. The van der Waals surface area contributed by atoms with Gasteiger partial charge in [0.25, 0.3) is 0 Å². The Labute approximate surface area is 99.7 Å². The molecule has 1 unspecified atom stereocenters. The van der Waals surface area contributed by atoms with Crippen LogP contribution < -0.4 is 5.32 Å². The molecule has 1 N–H and O–H groups in total. The Kier molecular flexibility index (Phi) is 3.66. The molecule has 0 radical (unpaired) electrons. The molecule has 0 bridgehead atoms. The third kappa shape index (κ3) is 2.79. The molecule has 0 aliphatic heterocycles. The molecule has 2 rings (SSSR count). The first-order chi connectivity index (χ1) is 8.31. The zero-order chi connectivity index (χ0) is 12.1. The molecule has 2 heterocycles. The van der Waals surface area contributed by atoms with Crippen molar-refractivity contribution in [1.29, 1.82) is 0 Å². The molecule has 0 saturated heterocycles. The van der Waals surface area contributed by atoms with E-state index in [-0.39, 0.29) is 6.04 Å². The van der Waals surface area contributed by atoms with Crippen molar-refractivity contribution in [2.75, 3.05) is 19.0 Å². The van der Waals surface area contributed by atoms with Gasteiger partial charge in [0.2, 0.25) is 0 Å². The second kappa shape index (κ2) is 5.40. The van der Waals surface area contributed by atoms with Gasteiger partial charge >= 0.3 is 0 Å². The molecule has 0 amide bonds. The van der Waals surface area contributed by atoms with Crippen LogP contribution in [0.3, 0.4) is 0 Å². The topological polar surface area (TPSA) is 64.9 Å². The Balaban J connectivity index is 2.22. The van der Waals surface area contributed by atoms with Gasteiger partial charge in [0.15, 0.2) is 5.82 Å². The second-order valence-electron chi connectivity index (χ2n) is 3.72. The van der Waals surface area contributed by atoms with Gasteiger partial charge in [0, 0.05) is 19.3 Å². The van der Waals surface area contributed by atoms with E-state index in [2.05, 4.69) is 20.4 Å². The van der Waals surface area contributed by atoms with Gasteiger partial charge in [-0.1, -0.05) is 0 Å². The molecule has 0 spiro atoms. The number of nitrogens with zero attached hydrogens (tertiary/aromatic N) is 4. The van der Waals surface area contributed by atoms with E-state index in [9.17, 15) is 0 Å². The van der Waals surface area contributed by atoms with Crippen LogP contribution in [0, 0.1) is 0 Å². The van der Waals surface area contributed by atoms with Crippen LogP contribution in [0.25, 0.3) is 5.82 Å². The predicted octanol–water partition coefficient (Wildman–Crippen LogP) is 1.11. The molecule has 0 aliphatic carbocycles. The highest BCUT2D eigenvalue weighted by molar-refractivity contribution is 5.56. The fourth-order valence-corrected chi connectivity index (χ4v) is 1.57. The highest BCUT2D eigenvalue weighted by atomic mass is 16.5. The molecule has 0 aliphatic rings. The van der Waals surface area contributed by atoms with E-state index in [1.54, 1.807) is 24.3 Å². The minimum absolute atomic E-state index is 0.200. The standard InChI is InChI=1S/C11H15N5O/c1-9(6-17-2)15-10-4-3-5-13-11(10)16-8-12-7-14-16/h3-5,7-9,15H,6H2,1-2H3. The summed E-state index contributed by atoms with van der Waals surface area (Å²) in [7, 11) is 1.68. The van der Waals surface area contributed by atoms with Gasteiger partial charge < -0.3 is 10.1 Å². The minimum atomic E-state index is 0.200. The second-order valence-corrected chi connectivity index (χ2v) is 3.72. The average Bonchev–Trinajstić information content (AvgIpc) is 2.83. The quantitative estimate of drug-likeness (QED) is 0.838. The Morgan fingerprint density at radius 1 is 1.53 bits per heavy atom. The normalized spacial score (nSPS) is 12.4. The van der Waals surface area contributed by atoms with Crippen molar-refractivity contribution in [1.82, 2.24) is 19.7 Å². The summed E-state index contributed by atoms with van der Waals surface area (Å²) in [4.78, 5) is 8.21. The molecule has 2 aromatic rings. The molecule has 1 atom stereocenters. The van der Waals surface area contributed by atoms with Crippen LogP contribution in [0.15, 0.2) is 31.0 Å². The molecular formula is C11H15N5O. The maximum Gasteiger partial charge on any atom is 0.178 e. The highest BCUT2D eigenvalue weighted by Gasteiger charge is 2.08. The number of anilines is 1. The molecular weight excluding hydrogens is 218 g/mol. The molecule has 0 aromatic carbocycles. The maximum atomic E-state index is 5.09. The zero-order valence-electron chi connectivity index (χ0n) is 9.87. The summed E-state index contributed by atoms with van der Waals surface area (Å²) in [6, 6.07) is 4.03. The van der Waals surface area contributed by atoms with Crippen LogP contribution in [-0.4, -0.2) is 39.5 Å². The van der Waals surface area contributed by atoms with Crippen molar-refractivity contribution in [3.05, 3.63) is 31.0 Å². The zero-order valence-corrected chi connectivity index (χ0v) is 9.87. The van der Waals surface area contributed by atoms with E-state index in [0.717, 1.165) is 11.5 Å². The summed E-state index contributed by atoms with van der Waals surface area (Å²) in [6.07, 6.45) is 4.83. The van der Waals surface area contributed by atoms with Crippen molar-refractivity contribution in [3.8, 4) is 5.82 Å². The summed E-state index contributed by atoms with van der Waals surface area (Å²) in [5, 5.41) is 7.40. The monoisotopic (exact) mass is 233 g/mol. The summed E-state index contributed by atoms with van der Waals surface area (Å²) in [6.45, 7) is 2.67. The molecule has 2 aromatic heterocycles. The first-order valence-corrected chi connectivity index (χ1v) is 5.36. The van der Waals surface area contributed by atoms with Crippen LogP contribution in [0.4, 0.5) is 5.69 Å². The number of hydrogen-bond acceptors (Lipinski definition) is 5. The first kappa shape index (κ1) is 11.5. The van der Waals surface area contributed by atoms with Gasteiger partial charge in [-0.25, -0.2) is 14.6 Å². The molecule has 0 fully saturated rings. The summed E-state index contributed by atoms with van der Waals surface area (Å²) >= 11 is 0. The van der Waals surface area contributed by atoms with Crippen LogP contribution in [-0.2, 0) is 4.74 Å². The first-order valence-electron chi connectivity index (χ1n) is 5.36. The van der Waals surface area contributed by atoms with E-state index < -0.39 is 0 Å². The van der Waals surface area contributed by atoms with Crippen molar-refractivity contribution >= 4 is 5.69 Å². The Morgan fingerprint density at radius 2 is 2.41 bits per heavy atom. The van der Waals surface area contributed by atoms with Gasteiger partial charge in [-0.2, -0.15) is 5.10 Å². The Morgan fingerprint density at radius 3 is 3.12 bits per heavy atom. The van der Waals surface area contributed by atoms with Gasteiger partial charge in [0.1, 0.15) is 12.7 Å². The van der Waals surface area contributed by atoms with Crippen molar-refractivity contribution in [3.63, 3.8) is 0 Å². The summed E-state index contributed by atoms with van der Waals surface area (Å²) in [5.74, 6) is 0.730. The van der Waals surface area contributed by atoms with Gasteiger partial charge in [-0.3, -0.25) is 0 Å². The van der Waals surface area contributed by atoms with E-state index in [4.69, 9.17) is 4.74 Å². The van der Waals surface area contributed by atoms with Gasteiger partial charge in [0.05, 0.1) is 12.3 Å². The fraction of sp³-hybridized carbons (Fsp3) is 0.364. The van der Waals surface area contributed by atoms with E-state index in [0.29, 0.717) is 6.61 Å². The SMILES string of the molecule is COCC(C)Nc1cccnc1-n1cncn1. The average molecular weight is 233 g/mol. The number of aromatic nitrogens is 4. The number of ether oxygens (including phenoxy) is 1. The third-order valence-electron chi connectivity index (χ3n) is 2.24. The number of rotatable bonds is 5. The predicted molar refractivity (Wildman–Crippen MR) is 64.1 cm³/mol. The fourth-order valence-electron chi connectivity index (χ4n) is 1.57. The number of nitrogens with one attached hydrogen (secondary N) is 1. The summed E-state index contributed by atoms with van der Waals surface area (Å²) < 4.78 is 6.72. The van der Waals surface area contributed by atoms with Gasteiger partial charge in [-0.05, 0) is 19.1 Å². The third-order valence-corrected chi connectivity index (χ3v) is 2.24. The smallest absolute Gasteiger partial charge is 0.178 e. The lowest BCUT2D eigenvalue weighted by atomic mass is 10.3.